The molecule has 3 rings (SSSR count). The molecule has 0 spiro atoms. The summed E-state index contributed by atoms with van der Waals surface area (Å²) < 4.78 is 61.3. The van der Waals surface area contributed by atoms with Crippen LogP contribution in [0.4, 0.5) is 22.8 Å². The molecule has 0 saturated heterocycles. The van der Waals surface area contributed by atoms with Gasteiger partial charge in [-0.3, -0.25) is 9.78 Å². The number of alkyl halides is 2. The van der Waals surface area contributed by atoms with Crippen LogP contribution in [0.2, 0.25) is 0 Å². The van der Waals surface area contributed by atoms with Gasteiger partial charge in [0.15, 0.2) is 18.1 Å². The van der Waals surface area contributed by atoms with Crippen molar-refractivity contribution in [1.82, 2.24) is 9.88 Å². The van der Waals surface area contributed by atoms with Crippen molar-refractivity contribution in [3.8, 4) is 6.07 Å². The molecule has 0 unspecified atom stereocenters. The van der Waals surface area contributed by atoms with Crippen LogP contribution in [-0.4, -0.2) is 64.0 Å². The fraction of sp³-hybridized carbons (Fsp3) is 0.467. The predicted octanol–water partition coefficient (Wildman–Crippen LogP) is 5.97. The lowest BCUT2D eigenvalue weighted by Gasteiger charge is -2.40. The standard InChI is InChI=1S/C30H33F3N4O6/c1-28(2,3)42-26(39)37(27(40)43-29(4,5)6)25-36-30(7,24(33)23(14-31)41-25)19-12-17(8-10-20(19)32)13-22(38)21-11-9-18(15-34)16-35-21/h8-12,16,23-24H,13-14H2,1-7H3/t23-,24-,30+/m0/s1. The Morgan fingerprint density at radius 2 is 1.67 bits per heavy atom. The Hall–Kier alpha value is -4.47. The van der Waals surface area contributed by atoms with Crippen molar-refractivity contribution in [1.29, 1.82) is 5.26 Å². The van der Waals surface area contributed by atoms with Crippen molar-refractivity contribution in [3.05, 3.63) is 64.7 Å². The highest BCUT2D eigenvalue weighted by Crippen LogP contribution is 2.40. The minimum absolute atomic E-state index is 0.0497. The number of rotatable bonds is 5. The third kappa shape index (κ3) is 7.88. The van der Waals surface area contributed by atoms with E-state index in [1.54, 1.807) is 0 Å². The summed E-state index contributed by atoms with van der Waals surface area (Å²) in [6, 6.07) is 7.32. The van der Waals surface area contributed by atoms with Gasteiger partial charge in [0, 0.05) is 18.2 Å². The van der Waals surface area contributed by atoms with Crippen molar-refractivity contribution in [2.24, 2.45) is 4.99 Å². The lowest BCUT2D eigenvalue weighted by atomic mass is 9.83. The minimum atomic E-state index is -2.29. The van der Waals surface area contributed by atoms with Gasteiger partial charge in [0.1, 0.15) is 41.0 Å². The number of hydrogen-bond donors (Lipinski definition) is 0. The van der Waals surface area contributed by atoms with Gasteiger partial charge >= 0.3 is 18.2 Å². The number of benzene rings is 1. The van der Waals surface area contributed by atoms with Gasteiger partial charge in [-0.2, -0.15) is 5.26 Å². The van der Waals surface area contributed by atoms with Crippen LogP contribution in [0.25, 0.3) is 0 Å². The first-order chi connectivity index (χ1) is 19.9. The molecule has 10 nitrogen and oxygen atoms in total. The van der Waals surface area contributed by atoms with Gasteiger partial charge in [0.2, 0.25) is 0 Å². The summed E-state index contributed by atoms with van der Waals surface area (Å²) in [5, 5.41) is 8.94. The largest absolute Gasteiger partial charge is 0.455 e. The molecule has 0 radical (unpaired) electrons. The van der Waals surface area contributed by atoms with Gasteiger partial charge in [0.05, 0.1) is 5.56 Å². The molecule has 230 valence electrons. The maximum absolute atomic E-state index is 15.9. The molecule has 0 aliphatic carbocycles. The number of Topliss-reactive ketones (excluding diaryl/α,β-unsaturated/α-hetero) is 1. The molecule has 0 fully saturated rings. The summed E-state index contributed by atoms with van der Waals surface area (Å²) in [4.78, 5) is 47.5. The first-order valence-electron chi connectivity index (χ1n) is 13.3. The number of halogens is 3. The monoisotopic (exact) mass is 602 g/mol. The molecule has 1 aromatic carbocycles. The molecule has 43 heavy (non-hydrogen) atoms. The lowest BCUT2D eigenvalue weighted by Crippen LogP contribution is -2.56. The maximum Gasteiger partial charge on any atom is 0.428 e. The van der Waals surface area contributed by atoms with Crippen molar-refractivity contribution >= 4 is 24.0 Å². The molecule has 0 bridgehead atoms. The SMILES string of the molecule is CC(C)(C)OC(=O)N(C(=O)OC(C)(C)C)C1=N[C@](C)(c2cc(CC(=O)c3ccc(C#N)cn3)ccc2F)[C@@H](F)[C@H](CF)O1. The number of aliphatic imine (C=N–C) groups is 1. The number of nitriles is 1. The number of hydrogen-bond acceptors (Lipinski definition) is 9. The van der Waals surface area contributed by atoms with Crippen LogP contribution in [0.5, 0.6) is 0 Å². The van der Waals surface area contributed by atoms with Gasteiger partial charge in [-0.15, -0.1) is 4.90 Å². The van der Waals surface area contributed by atoms with E-state index in [0.717, 1.165) is 13.0 Å². The van der Waals surface area contributed by atoms with Crippen molar-refractivity contribution in [2.45, 2.75) is 83.9 Å². The Balaban J connectivity index is 2.10. The van der Waals surface area contributed by atoms with E-state index in [-0.39, 0.29) is 33.7 Å². The summed E-state index contributed by atoms with van der Waals surface area (Å²) in [7, 11) is 0. The van der Waals surface area contributed by atoms with Crippen LogP contribution in [0, 0.1) is 17.1 Å². The van der Waals surface area contributed by atoms with E-state index >= 15 is 8.78 Å². The highest BCUT2D eigenvalue weighted by Gasteiger charge is 2.51. The maximum atomic E-state index is 15.9. The minimum Gasteiger partial charge on any atom is -0.455 e. The van der Waals surface area contributed by atoms with E-state index in [1.165, 1.54) is 72.0 Å². The Morgan fingerprint density at radius 3 is 2.16 bits per heavy atom. The number of pyridine rings is 1. The van der Waals surface area contributed by atoms with Crippen molar-refractivity contribution in [3.63, 3.8) is 0 Å². The number of amides is 2. The van der Waals surface area contributed by atoms with Crippen LogP contribution in [-0.2, 0) is 26.2 Å². The Morgan fingerprint density at radius 1 is 1.07 bits per heavy atom. The van der Waals surface area contributed by atoms with Crippen molar-refractivity contribution < 1.29 is 41.8 Å². The molecule has 2 aromatic rings. The van der Waals surface area contributed by atoms with Crippen molar-refractivity contribution in [2.75, 3.05) is 6.67 Å². The number of aromatic nitrogens is 1. The number of amidine groups is 1. The fourth-order valence-corrected chi connectivity index (χ4v) is 4.08. The summed E-state index contributed by atoms with van der Waals surface area (Å²) in [5.74, 6) is -1.41. The molecule has 1 aliphatic heterocycles. The smallest absolute Gasteiger partial charge is 0.428 e. The quantitative estimate of drug-likeness (QED) is 0.383. The van der Waals surface area contributed by atoms with Gasteiger partial charge in [0.25, 0.3) is 0 Å². The van der Waals surface area contributed by atoms with Crippen LogP contribution >= 0.6 is 0 Å². The van der Waals surface area contributed by atoms with Gasteiger partial charge < -0.3 is 14.2 Å². The second kappa shape index (κ2) is 12.4. The second-order valence-electron chi connectivity index (χ2n) is 12.0. The summed E-state index contributed by atoms with van der Waals surface area (Å²) >= 11 is 0. The Kier molecular flexibility index (Phi) is 9.53. The molecule has 3 atom stereocenters. The molecule has 1 aromatic heterocycles. The number of imide groups is 1. The molecule has 2 heterocycles. The highest BCUT2D eigenvalue weighted by molar-refractivity contribution is 6.06. The van der Waals surface area contributed by atoms with Gasteiger partial charge in [-0.05, 0) is 78.3 Å². The van der Waals surface area contributed by atoms with E-state index in [2.05, 4.69) is 9.98 Å². The summed E-state index contributed by atoms with van der Waals surface area (Å²) in [5.41, 5.74) is -4.27. The summed E-state index contributed by atoms with van der Waals surface area (Å²) in [6.07, 6.45) is -5.84. The molecule has 1 aliphatic rings. The van der Waals surface area contributed by atoms with Gasteiger partial charge in [-0.25, -0.2) is 27.8 Å². The average molecular weight is 603 g/mol. The Labute approximate surface area is 247 Å². The third-order valence-corrected chi connectivity index (χ3v) is 6.06. The number of ether oxygens (including phenoxy) is 3. The normalized spacial score (nSPS) is 20.3. The first kappa shape index (κ1) is 33.0. The zero-order chi connectivity index (χ0) is 32.3. The van der Waals surface area contributed by atoms with Gasteiger partial charge in [-0.1, -0.05) is 6.07 Å². The van der Waals surface area contributed by atoms with E-state index in [9.17, 15) is 18.8 Å². The molecule has 2 amide bonds. The molecule has 0 saturated carbocycles. The molecule has 0 N–H and O–H groups in total. The number of carbonyl (C=O) groups is 3. The van der Waals surface area contributed by atoms with Crippen LogP contribution < -0.4 is 0 Å². The first-order valence-corrected chi connectivity index (χ1v) is 13.3. The Bertz CT molecular complexity index is 1430. The second-order valence-corrected chi connectivity index (χ2v) is 12.0. The zero-order valence-electron chi connectivity index (χ0n) is 24.9. The lowest BCUT2D eigenvalue weighted by molar-refractivity contribution is -0.0215. The fourth-order valence-electron chi connectivity index (χ4n) is 4.08. The topological polar surface area (TPSA) is 131 Å². The third-order valence-electron chi connectivity index (χ3n) is 6.06. The highest BCUT2D eigenvalue weighted by atomic mass is 19.1. The van der Waals surface area contributed by atoms with E-state index in [0.29, 0.717) is 0 Å². The number of ketones is 1. The zero-order valence-corrected chi connectivity index (χ0v) is 24.9. The van der Waals surface area contributed by atoms with Crippen LogP contribution in [0.1, 0.15) is 75.6 Å². The van der Waals surface area contributed by atoms with E-state index < -0.39 is 65.5 Å². The number of carbonyl (C=O) groups excluding carboxylic acids is 3. The molecule has 13 heteroatoms. The summed E-state index contributed by atoms with van der Waals surface area (Å²) in [6.45, 7) is 8.92. The average Bonchev–Trinajstić information content (AvgIpc) is 2.89. The number of nitrogens with zero attached hydrogens (tertiary/aromatic N) is 4. The van der Waals surface area contributed by atoms with E-state index in [1.807, 2.05) is 6.07 Å². The van der Waals surface area contributed by atoms with E-state index in [4.69, 9.17) is 19.5 Å². The predicted molar refractivity (Wildman–Crippen MR) is 148 cm³/mol. The van der Waals surface area contributed by atoms with Crippen LogP contribution in [0.3, 0.4) is 0 Å². The molecular weight excluding hydrogens is 569 g/mol. The van der Waals surface area contributed by atoms with Crippen LogP contribution in [0.15, 0.2) is 41.5 Å². The molecular formula is C30H33F3N4O6.